The molecule has 2 aliphatic heterocycles. The van der Waals surface area contributed by atoms with Crippen molar-refractivity contribution in [3.05, 3.63) is 192 Å². The van der Waals surface area contributed by atoms with E-state index in [1.54, 1.807) is 33.3 Å². The maximum atomic E-state index is 12.6. The van der Waals surface area contributed by atoms with Crippen LogP contribution in [-0.2, 0) is 42.0 Å². The fraction of sp³-hybridized carbons (Fsp3) is 0.311. The summed E-state index contributed by atoms with van der Waals surface area (Å²) >= 11 is 0. The van der Waals surface area contributed by atoms with Crippen molar-refractivity contribution >= 4 is 116 Å². The number of fused-ring (bicyclic) bond motifs is 19. The summed E-state index contributed by atoms with van der Waals surface area (Å²) in [6.45, 7) is 28.5. The molecule has 1 saturated heterocycles. The number of phenols is 3. The molecule has 1 amide bonds. The Morgan fingerprint density at radius 2 is 0.942 bits per heavy atom. The van der Waals surface area contributed by atoms with E-state index in [4.69, 9.17) is 60.5 Å². The van der Waals surface area contributed by atoms with Crippen LogP contribution in [0.2, 0.25) is 0 Å². The minimum Gasteiger partial charge on any atom is -0.504 e. The van der Waals surface area contributed by atoms with Gasteiger partial charge < -0.3 is 87.7 Å². The molecule has 30 heteroatoms. The van der Waals surface area contributed by atoms with Crippen LogP contribution in [0.15, 0.2) is 146 Å². The highest BCUT2D eigenvalue weighted by Gasteiger charge is 2.53. The normalized spacial score (nSPS) is 14.0. The van der Waals surface area contributed by atoms with Crippen LogP contribution >= 0.6 is 0 Å². The number of hydrogen-bond donors (Lipinski definition) is 8. The molecule has 3 aliphatic rings. The van der Waals surface area contributed by atoms with Gasteiger partial charge in [0.2, 0.25) is 11.6 Å². The molecule has 1 unspecified atom stereocenters. The van der Waals surface area contributed by atoms with Crippen LogP contribution < -0.4 is 28.4 Å². The van der Waals surface area contributed by atoms with Crippen molar-refractivity contribution in [2.24, 2.45) is 0 Å². The van der Waals surface area contributed by atoms with Crippen molar-refractivity contribution in [3.8, 4) is 63.0 Å². The second-order valence-electron chi connectivity index (χ2n) is 31.2. The first-order valence-corrected chi connectivity index (χ1v) is 40.2. The lowest BCUT2D eigenvalue weighted by atomic mass is 9.85. The Balaban J connectivity index is 0.000000131. The first-order chi connectivity index (χ1) is 57.1. The number of imidazole rings is 5. The molecule has 0 bridgehead atoms. The summed E-state index contributed by atoms with van der Waals surface area (Å²) in [6, 6.07) is 46.1. The highest BCUT2D eigenvalue weighted by atomic mass is 32.2. The first-order valence-electron chi connectivity index (χ1n) is 39.2. The number of H-pyrrole nitrogens is 4. The molecule has 0 radical (unpaired) electrons. The molecule has 120 heavy (non-hydrogen) atoms. The van der Waals surface area contributed by atoms with E-state index in [0.29, 0.717) is 80.6 Å². The number of phenolic OH excluding ortho intramolecular Hbond substituents is 3. The minimum atomic E-state index is -3.11. The fourth-order valence-electron chi connectivity index (χ4n) is 14.6. The Hall–Kier alpha value is -13.2. The lowest BCUT2D eigenvalue weighted by Crippen LogP contribution is -2.38. The zero-order chi connectivity index (χ0) is 86.2. The zero-order valence-corrected chi connectivity index (χ0v) is 70.3. The van der Waals surface area contributed by atoms with Crippen LogP contribution in [0.4, 0.5) is 4.79 Å². The van der Waals surface area contributed by atoms with Crippen LogP contribution in [0.3, 0.4) is 0 Å². The summed E-state index contributed by atoms with van der Waals surface area (Å²) in [7, 11) is 1.71. The fourth-order valence-corrected chi connectivity index (χ4v) is 14.6. The second kappa shape index (κ2) is 34.4. The van der Waals surface area contributed by atoms with Gasteiger partial charge in [0.1, 0.15) is 79.0 Å². The number of nitrogens with one attached hydrogen (secondary N) is 4. The molecule has 1 spiro atoms. The molecule has 8 N–H and O–H groups in total. The number of aromatic nitrogens is 10. The van der Waals surface area contributed by atoms with Gasteiger partial charge >= 0.3 is 28.6 Å². The van der Waals surface area contributed by atoms with E-state index in [9.17, 15) is 34.8 Å². The molecule has 29 nitrogen and oxygen atoms in total. The number of aromatic hydroxyl groups is 3. The average Bonchev–Trinajstić information content (AvgIpc) is 1.54. The van der Waals surface area contributed by atoms with Gasteiger partial charge in [0.05, 0.1) is 31.7 Å². The third kappa shape index (κ3) is 16.6. The van der Waals surface area contributed by atoms with E-state index in [2.05, 4.69) is 88.6 Å². The third-order valence-corrected chi connectivity index (χ3v) is 20.3. The van der Waals surface area contributed by atoms with Gasteiger partial charge in [-0.25, -0.2) is 29.7 Å². The SMILES string of the molecule is CC(=O)Oc1c(O)c2[nH]c(C(C)C)nc2c2ccccc12.CC(C)c1nc2c([nH]1)C(O)C1(OCCO1)c1ccccc1-2.CC(C)c1nc2c([nH]1)c(O)c(O)c1ccccc12.CC(C)c1nc2c([nH]1)c1c(c3ccccc32)OC(C)(C)O1.COc1ccc(Cn2c(C(C)C)nc3c4ccccc4c(OC(=O)N(C)C)c(OC(C)=O)c32)cc1.O=S(=O)=O. The van der Waals surface area contributed by atoms with Gasteiger partial charge in [0.25, 0.3) is 0 Å². The summed E-state index contributed by atoms with van der Waals surface area (Å²) in [5.74, 6) is 5.16. The standard InChI is InChI=1S/C27H29N3O5.C17H18N2O2.C16H18N2O3.C16H16N2O3.C14H14N2O2.O3S/c1-16(2)26-28-22-20-9-7-8-10-21(20)24(35-27(32)29(4)5)25(34-17(3)31)23(22)30(26)15-18-11-13-19(33-6)14-12-18;1-9(2)16-18-12-10-7-5-6-8-11(10)14-15(13(12)19-16)21-17(3,4)20-14;1-9(2)15-17-12-10-5-3-4-6-11(10)16(20-7-8-21-16)14(19)13(12)18-15;1-8(2)16-17-12-10-6-4-5-7-11(10)15(21-9(3)19)14(20)13(12)18-16;1-7(2)14-15-10-8-5-3-4-6-9(8)12(17)13(18)11(10)16-14;1-4(2)3/h7-14,16H,15H2,1-6H3;5-9H,1-4H3,(H,18,19);3-6,9,14,19H,7-8H2,1-2H3,(H,17,18);4-8,20H,1-3H3,(H,17,18);3-7,17-18H,1-2H3,(H,15,16);. The summed E-state index contributed by atoms with van der Waals surface area (Å²) in [5, 5.41) is 47.8. The number of carbonyl (C=O) groups is 3. The first kappa shape index (κ1) is 84.7. The number of ether oxygens (including phenoxy) is 8. The Kier molecular flexibility index (Phi) is 24.3. The number of aliphatic hydroxyl groups is 1. The number of rotatable bonds is 11. The van der Waals surface area contributed by atoms with Gasteiger partial charge in [0, 0.05) is 132 Å². The maximum absolute atomic E-state index is 12.6. The van der Waals surface area contributed by atoms with Gasteiger partial charge in [-0.3, -0.25) is 9.59 Å². The molecule has 10 aromatic carbocycles. The van der Waals surface area contributed by atoms with Gasteiger partial charge in [-0.05, 0) is 17.7 Å². The summed E-state index contributed by atoms with van der Waals surface area (Å²) in [4.78, 5) is 73.8. The van der Waals surface area contributed by atoms with Crippen LogP contribution in [0.1, 0.15) is 179 Å². The largest absolute Gasteiger partial charge is 0.504 e. The Labute approximate surface area is 691 Å². The highest BCUT2D eigenvalue weighted by molar-refractivity contribution is 7.59. The number of aromatic amines is 4. The van der Waals surface area contributed by atoms with E-state index in [0.717, 1.165) is 107 Å². The Bertz CT molecular complexity index is 6550. The molecule has 5 aromatic heterocycles. The summed E-state index contributed by atoms with van der Waals surface area (Å²) in [6.07, 6.45) is -1.47. The molecular formula is C90H95N11O18S. The molecule has 0 saturated carbocycles. The van der Waals surface area contributed by atoms with Crippen LogP contribution in [0.25, 0.3) is 98.5 Å². The number of carbonyl (C=O) groups excluding carboxylic acids is 3. The summed E-state index contributed by atoms with van der Waals surface area (Å²) in [5.41, 5.74) is 9.83. The third-order valence-electron chi connectivity index (χ3n) is 20.3. The van der Waals surface area contributed by atoms with Gasteiger partial charge in [-0.15, -0.1) is 12.6 Å². The number of aliphatic hydroxyl groups excluding tert-OH is 1. The molecular weight excluding hydrogens is 1560 g/mol. The highest BCUT2D eigenvalue weighted by Crippen LogP contribution is 2.54. The number of nitrogens with zero attached hydrogens (tertiary/aromatic N) is 7. The lowest BCUT2D eigenvalue weighted by molar-refractivity contribution is -0.234. The van der Waals surface area contributed by atoms with Crippen molar-refractivity contribution in [2.45, 2.75) is 151 Å². The number of methoxy groups -OCH3 is 1. The van der Waals surface area contributed by atoms with Crippen molar-refractivity contribution < 1.29 is 85.3 Å². The summed E-state index contributed by atoms with van der Waals surface area (Å²) < 4.78 is 73.1. The number of benzene rings is 10. The smallest absolute Gasteiger partial charge is 0.425 e. The molecule has 1 atom stereocenters. The maximum Gasteiger partial charge on any atom is 0.425 e. The molecule has 7 heterocycles. The van der Waals surface area contributed by atoms with Gasteiger partial charge in [0.15, 0.2) is 52.1 Å². The van der Waals surface area contributed by atoms with E-state index < -0.39 is 46.3 Å². The Morgan fingerprint density at radius 1 is 0.508 bits per heavy atom. The number of esters is 2. The molecule has 15 aromatic rings. The van der Waals surface area contributed by atoms with Gasteiger partial charge in [-0.1, -0.05) is 203 Å². The van der Waals surface area contributed by atoms with Crippen molar-refractivity contribution in [3.63, 3.8) is 0 Å². The van der Waals surface area contributed by atoms with Crippen LogP contribution in [0.5, 0.6) is 51.7 Å². The van der Waals surface area contributed by atoms with Gasteiger partial charge in [-0.2, -0.15) is 0 Å². The van der Waals surface area contributed by atoms with E-state index in [1.807, 2.05) is 167 Å². The molecule has 1 aliphatic carbocycles. The quantitative estimate of drug-likeness (QED) is 0.0339. The molecule has 1 fully saturated rings. The molecule has 624 valence electrons. The molecule has 18 rings (SSSR count). The lowest BCUT2D eigenvalue weighted by Gasteiger charge is -2.37. The second-order valence-corrected chi connectivity index (χ2v) is 31.6. The monoisotopic (exact) mass is 1650 g/mol. The predicted molar refractivity (Wildman–Crippen MR) is 456 cm³/mol. The van der Waals surface area contributed by atoms with E-state index >= 15 is 0 Å². The zero-order valence-electron chi connectivity index (χ0n) is 69.5. The average molecular weight is 1650 g/mol. The topological polar surface area (TPSA) is 393 Å². The Morgan fingerprint density at radius 3 is 1.46 bits per heavy atom. The van der Waals surface area contributed by atoms with Crippen molar-refractivity contribution in [1.82, 2.24) is 54.3 Å². The van der Waals surface area contributed by atoms with E-state index in [1.165, 1.54) is 18.7 Å². The van der Waals surface area contributed by atoms with Crippen molar-refractivity contribution in [2.75, 3.05) is 34.4 Å². The number of amides is 1. The number of hydrogen-bond acceptors (Lipinski definition) is 23. The predicted octanol–water partition coefficient (Wildman–Crippen LogP) is 17.9. The van der Waals surface area contributed by atoms with Crippen LogP contribution in [-0.4, -0.2) is 146 Å². The van der Waals surface area contributed by atoms with Crippen molar-refractivity contribution in [1.29, 1.82) is 0 Å². The van der Waals surface area contributed by atoms with E-state index in [-0.39, 0.29) is 58.2 Å². The minimum absolute atomic E-state index is 0.0809. The van der Waals surface area contributed by atoms with Crippen LogP contribution in [0, 0.1) is 0 Å².